The molecule has 0 amide bonds. The fourth-order valence-electron chi connectivity index (χ4n) is 1.78. The van der Waals surface area contributed by atoms with E-state index in [0.29, 0.717) is 17.1 Å². The molecule has 0 aliphatic carbocycles. The Kier molecular flexibility index (Phi) is 3.20. The Morgan fingerprint density at radius 1 is 1.41 bits per heavy atom. The summed E-state index contributed by atoms with van der Waals surface area (Å²) in [5.74, 6) is -0.896. The number of aromatic carboxylic acids is 1. The van der Waals surface area contributed by atoms with Gasteiger partial charge in [0.1, 0.15) is 0 Å². The van der Waals surface area contributed by atoms with Gasteiger partial charge in [-0.15, -0.1) is 0 Å². The Balaban J connectivity index is 2.28. The molecule has 0 fully saturated rings. The normalized spacial score (nSPS) is 10.5. The number of halogens is 1. The number of hydrogen-bond acceptors (Lipinski definition) is 1. The van der Waals surface area contributed by atoms with Gasteiger partial charge in [0.25, 0.3) is 0 Å². The minimum absolute atomic E-state index is 0.340. The van der Waals surface area contributed by atoms with Crippen molar-refractivity contribution >= 4 is 17.6 Å². The summed E-state index contributed by atoms with van der Waals surface area (Å²) in [7, 11) is 0. The number of hydrogen-bond donors (Lipinski definition) is 1. The van der Waals surface area contributed by atoms with Gasteiger partial charge in [-0.2, -0.15) is 0 Å². The van der Waals surface area contributed by atoms with Crippen LogP contribution in [0.1, 0.15) is 21.6 Å². The molecule has 1 N–H and O–H groups in total. The second-order valence-corrected chi connectivity index (χ2v) is 4.31. The molecule has 0 unspecified atom stereocenters. The van der Waals surface area contributed by atoms with Crippen molar-refractivity contribution in [2.45, 2.75) is 13.5 Å². The SMILES string of the molecule is Cc1c(C(=O)O)ccn1Cc1cccc(Cl)c1. The predicted molar refractivity (Wildman–Crippen MR) is 66.7 cm³/mol. The summed E-state index contributed by atoms with van der Waals surface area (Å²) in [6, 6.07) is 9.15. The number of carboxylic acid groups (broad SMARTS) is 1. The number of nitrogens with zero attached hydrogens (tertiary/aromatic N) is 1. The smallest absolute Gasteiger partial charge is 0.337 e. The average Bonchev–Trinajstić information content (AvgIpc) is 2.61. The lowest BCUT2D eigenvalue weighted by molar-refractivity contribution is 0.0696. The monoisotopic (exact) mass is 249 g/mol. The Morgan fingerprint density at radius 3 is 2.76 bits per heavy atom. The van der Waals surface area contributed by atoms with Crippen molar-refractivity contribution in [3.05, 3.63) is 58.4 Å². The van der Waals surface area contributed by atoms with E-state index in [-0.39, 0.29) is 0 Å². The molecule has 17 heavy (non-hydrogen) atoms. The van der Waals surface area contributed by atoms with Gasteiger partial charge < -0.3 is 9.67 Å². The molecule has 0 saturated carbocycles. The second-order valence-electron chi connectivity index (χ2n) is 3.88. The van der Waals surface area contributed by atoms with Crippen LogP contribution >= 0.6 is 11.6 Å². The molecule has 0 atom stereocenters. The van der Waals surface area contributed by atoms with Crippen LogP contribution in [0, 0.1) is 6.92 Å². The zero-order valence-corrected chi connectivity index (χ0v) is 10.1. The number of benzene rings is 1. The number of carbonyl (C=O) groups is 1. The summed E-state index contributed by atoms with van der Waals surface area (Å²) >= 11 is 5.90. The molecule has 0 radical (unpaired) electrons. The van der Waals surface area contributed by atoms with Crippen LogP contribution in [-0.2, 0) is 6.54 Å². The van der Waals surface area contributed by atoms with Crippen molar-refractivity contribution in [3.63, 3.8) is 0 Å². The first-order valence-corrected chi connectivity index (χ1v) is 5.59. The quantitative estimate of drug-likeness (QED) is 0.908. The van der Waals surface area contributed by atoms with Crippen molar-refractivity contribution in [1.82, 2.24) is 4.57 Å². The third kappa shape index (κ3) is 2.50. The Bertz CT molecular complexity index is 560. The van der Waals surface area contributed by atoms with Crippen molar-refractivity contribution in [2.75, 3.05) is 0 Å². The Morgan fingerprint density at radius 2 is 2.18 bits per heavy atom. The first-order chi connectivity index (χ1) is 8.08. The molecule has 0 aliphatic heterocycles. The van der Waals surface area contributed by atoms with Gasteiger partial charge in [-0.1, -0.05) is 23.7 Å². The maximum atomic E-state index is 10.9. The van der Waals surface area contributed by atoms with Crippen LogP contribution in [0.5, 0.6) is 0 Å². The zero-order valence-electron chi connectivity index (χ0n) is 9.35. The summed E-state index contributed by atoms with van der Waals surface area (Å²) in [4.78, 5) is 10.9. The fourth-order valence-corrected chi connectivity index (χ4v) is 1.99. The van der Waals surface area contributed by atoms with Crippen LogP contribution in [0.3, 0.4) is 0 Å². The van der Waals surface area contributed by atoms with Crippen molar-refractivity contribution < 1.29 is 9.90 Å². The largest absolute Gasteiger partial charge is 0.478 e. The molecule has 2 rings (SSSR count). The van der Waals surface area contributed by atoms with E-state index in [1.165, 1.54) is 0 Å². The maximum absolute atomic E-state index is 10.9. The lowest BCUT2D eigenvalue weighted by Gasteiger charge is -2.07. The number of rotatable bonds is 3. The second kappa shape index (κ2) is 4.63. The van der Waals surface area contributed by atoms with Crippen LogP contribution in [0.25, 0.3) is 0 Å². The summed E-state index contributed by atoms with van der Waals surface area (Å²) in [6.45, 7) is 2.42. The highest BCUT2D eigenvalue weighted by Gasteiger charge is 2.11. The van der Waals surface area contributed by atoms with E-state index >= 15 is 0 Å². The molecule has 2 aromatic rings. The van der Waals surface area contributed by atoms with Gasteiger partial charge in [0, 0.05) is 23.5 Å². The van der Waals surface area contributed by atoms with Crippen LogP contribution in [-0.4, -0.2) is 15.6 Å². The highest BCUT2D eigenvalue weighted by atomic mass is 35.5. The van der Waals surface area contributed by atoms with E-state index < -0.39 is 5.97 Å². The summed E-state index contributed by atoms with van der Waals surface area (Å²) < 4.78 is 1.90. The topological polar surface area (TPSA) is 42.2 Å². The molecule has 88 valence electrons. The zero-order chi connectivity index (χ0) is 12.4. The van der Waals surface area contributed by atoms with Gasteiger partial charge in [-0.25, -0.2) is 4.79 Å². The Hall–Kier alpha value is -1.74. The molecule has 3 nitrogen and oxygen atoms in total. The van der Waals surface area contributed by atoms with E-state index in [0.717, 1.165) is 11.3 Å². The van der Waals surface area contributed by atoms with Crippen molar-refractivity contribution in [1.29, 1.82) is 0 Å². The first-order valence-electron chi connectivity index (χ1n) is 5.21. The van der Waals surface area contributed by atoms with Gasteiger partial charge in [0.2, 0.25) is 0 Å². The third-order valence-electron chi connectivity index (χ3n) is 2.71. The minimum atomic E-state index is -0.896. The van der Waals surface area contributed by atoms with Crippen LogP contribution in [0.2, 0.25) is 5.02 Å². The van der Waals surface area contributed by atoms with Crippen LogP contribution < -0.4 is 0 Å². The average molecular weight is 250 g/mol. The fraction of sp³-hybridized carbons (Fsp3) is 0.154. The molecule has 0 aliphatic rings. The minimum Gasteiger partial charge on any atom is -0.478 e. The van der Waals surface area contributed by atoms with E-state index in [9.17, 15) is 4.79 Å². The molecular weight excluding hydrogens is 238 g/mol. The van der Waals surface area contributed by atoms with Crippen molar-refractivity contribution in [3.8, 4) is 0 Å². The molecule has 4 heteroatoms. The van der Waals surface area contributed by atoms with Gasteiger partial charge in [0.05, 0.1) is 5.56 Å². The molecule has 1 heterocycles. The maximum Gasteiger partial charge on any atom is 0.337 e. The number of carboxylic acids is 1. The van der Waals surface area contributed by atoms with Gasteiger partial charge in [-0.3, -0.25) is 0 Å². The van der Waals surface area contributed by atoms with Gasteiger partial charge >= 0.3 is 5.97 Å². The standard InChI is InChI=1S/C13H12ClNO2/c1-9-12(13(16)17)5-6-15(9)8-10-3-2-4-11(14)7-10/h2-7H,8H2,1H3,(H,16,17). The highest BCUT2D eigenvalue weighted by Crippen LogP contribution is 2.15. The lowest BCUT2D eigenvalue weighted by Crippen LogP contribution is -2.03. The van der Waals surface area contributed by atoms with E-state index in [1.54, 1.807) is 19.2 Å². The molecule has 0 spiro atoms. The molecule has 0 bridgehead atoms. The summed E-state index contributed by atoms with van der Waals surface area (Å²) in [6.07, 6.45) is 1.78. The van der Waals surface area contributed by atoms with Gasteiger partial charge in [-0.05, 0) is 30.7 Å². The van der Waals surface area contributed by atoms with Crippen molar-refractivity contribution in [2.24, 2.45) is 0 Å². The number of aromatic nitrogens is 1. The van der Waals surface area contributed by atoms with Crippen LogP contribution in [0.4, 0.5) is 0 Å². The summed E-state index contributed by atoms with van der Waals surface area (Å²) in [5, 5.41) is 9.64. The molecule has 1 aromatic heterocycles. The van der Waals surface area contributed by atoms with Crippen LogP contribution in [0.15, 0.2) is 36.5 Å². The first kappa shape index (κ1) is 11.7. The van der Waals surface area contributed by atoms with E-state index in [1.807, 2.05) is 28.8 Å². The lowest BCUT2D eigenvalue weighted by atomic mass is 10.2. The van der Waals surface area contributed by atoms with E-state index in [4.69, 9.17) is 16.7 Å². The predicted octanol–water partition coefficient (Wildman–Crippen LogP) is 3.20. The summed E-state index contributed by atoms with van der Waals surface area (Å²) in [5.41, 5.74) is 2.14. The molecule has 0 saturated heterocycles. The van der Waals surface area contributed by atoms with E-state index in [2.05, 4.69) is 0 Å². The molecule has 1 aromatic carbocycles. The Labute approximate surface area is 104 Å². The molecular formula is C13H12ClNO2. The van der Waals surface area contributed by atoms with Gasteiger partial charge in [0.15, 0.2) is 0 Å². The highest BCUT2D eigenvalue weighted by molar-refractivity contribution is 6.30. The third-order valence-corrected chi connectivity index (χ3v) is 2.95.